The maximum Gasteiger partial charge on any atom is 0.306 e. The number of nitrogens with zero attached hydrogens (tertiary/aromatic N) is 1. The molecule has 0 bridgehead atoms. The molecule has 1 aromatic carbocycles. The van der Waals surface area contributed by atoms with Crippen molar-refractivity contribution in [3.8, 4) is 11.6 Å². The summed E-state index contributed by atoms with van der Waals surface area (Å²) in [7, 11) is 0. The van der Waals surface area contributed by atoms with Crippen molar-refractivity contribution >= 4 is 23.6 Å². The molecule has 0 unspecified atom stereocenters. The number of hydrogen-bond donors (Lipinski definition) is 2. The van der Waals surface area contributed by atoms with Crippen molar-refractivity contribution in [1.29, 1.82) is 0 Å². The van der Waals surface area contributed by atoms with E-state index in [1.807, 2.05) is 24.5 Å². The lowest BCUT2D eigenvalue weighted by molar-refractivity contribution is -0.142. The zero-order valence-electron chi connectivity index (χ0n) is 15.4. The highest BCUT2D eigenvalue weighted by Gasteiger charge is 2.28. The van der Waals surface area contributed by atoms with E-state index in [0.29, 0.717) is 31.4 Å². The Bertz CT molecular complexity index is 869. The molecule has 1 amide bonds. The van der Waals surface area contributed by atoms with Gasteiger partial charge >= 0.3 is 5.97 Å². The number of nitrogens with one attached hydrogen (secondary N) is 1. The fourth-order valence-corrected chi connectivity index (χ4v) is 3.64. The van der Waals surface area contributed by atoms with Crippen LogP contribution in [0, 0.1) is 11.7 Å². The van der Waals surface area contributed by atoms with E-state index in [9.17, 15) is 14.0 Å². The van der Waals surface area contributed by atoms with Crippen LogP contribution in [0.15, 0.2) is 41.4 Å². The Hall–Kier alpha value is -2.61. The molecule has 0 saturated heterocycles. The number of ether oxygens (including phenoxy) is 1. The van der Waals surface area contributed by atoms with Crippen molar-refractivity contribution < 1.29 is 23.8 Å². The molecule has 0 aliphatic heterocycles. The molecule has 1 heterocycles. The standard InChI is InChI=1S/C20H21FN2O4S/c1-28-16-4-2-3-15(10-16)27-19-17(9-13(21)11-22-19)18(24)23-14-7-5-12(6-8-14)20(25)26/h2-4,9-12,14H,5-8H2,1H3,(H,23,24)(H,25,26)/t12-,14+. The van der Waals surface area contributed by atoms with Crippen LogP contribution in [0.1, 0.15) is 36.0 Å². The molecule has 1 fully saturated rings. The summed E-state index contributed by atoms with van der Waals surface area (Å²) in [6, 6.07) is 8.24. The normalized spacial score (nSPS) is 19.1. The number of aromatic nitrogens is 1. The Labute approximate surface area is 166 Å². The first-order valence-electron chi connectivity index (χ1n) is 8.97. The van der Waals surface area contributed by atoms with Crippen LogP contribution in [0.4, 0.5) is 4.39 Å². The Kier molecular flexibility index (Phi) is 6.51. The Morgan fingerprint density at radius 3 is 2.68 bits per heavy atom. The second kappa shape index (κ2) is 9.05. The van der Waals surface area contributed by atoms with Crippen molar-refractivity contribution in [2.45, 2.75) is 36.6 Å². The van der Waals surface area contributed by atoms with Gasteiger partial charge < -0.3 is 15.2 Å². The highest BCUT2D eigenvalue weighted by Crippen LogP contribution is 2.28. The Balaban J connectivity index is 1.73. The summed E-state index contributed by atoms with van der Waals surface area (Å²) in [6.45, 7) is 0. The third-order valence-corrected chi connectivity index (χ3v) is 5.46. The van der Waals surface area contributed by atoms with Crippen LogP contribution in [0.2, 0.25) is 0 Å². The van der Waals surface area contributed by atoms with Crippen molar-refractivity contribution in [3.05, 3.63) is 47.9 Å². The van der Waals surface area contributed by atoms with Gasteiger partial charge in [0.05, 0.1) is 12.1 Å². The van der Waals surface area contributed by atoms with Gasteiger partial charge in [-0.05, 0) is 56.2 Å². The second-order valence-corrected chi connectivity index (χ2v) is 7.53. The minimum atomic E-state index is -0.803. The molecule has 1 aliphatic carbocycles. The summed E-state index contributed by atoms with van der Waals surface area (Å²) in [6.07, 6.45) is 5.09. The van der Waals surface area contributed by atoms with Gasteiger partial charge in [-0.15, -0.1) is 11.8 Å². The second-order valence-electron chi connectivity index (χ2n) is 6.65. The molecule has 2 aromatic rings. The van der Waals surface area contributed by atoms with E-state index in [2.05, 4.69) is 10.3 Å². The van der Waals surface area contributed by atoms with Gasteiger partial charge in [-0.25, -0.2) is 9.37 Å². The Morgan fingerprint density at radius 1 is 1.25 bits per heavy atom. The van der Waals surface area contributed by atoms with E-state index in [1.165, 1.54) is 0 Å². The topological polar surface area (TPSA) is 88.5 Å². The van der Waals surface area contributed by atoms with Gasteiger partial charge in [0.2, 0.25) is 5.88 Å². The zero-order valence-corrected chi connectivity index (χ0v) is 16.2. The number of amides is 1. The lowest BCUT2D eigenvalue weighted by Gasteiger charge is -2.27. The van der Waals surface area contributed by atoms with E-state index in [0.717, 1.165) is 17.2 Å². The summed E-state index contributed by atoms with van der Waals surface area (Å²) in [5.41, 5.74) is 0.00918. The van der Waals surface area contributed by atoms with Crippen LogP contribution in [-0.2, 0) is 4.79 Å². The van der Waals surface area contributed by atoms with E-state index < -0.39 is 17.7 Å². The van der Waals surface area contributed by atoms with Crippen LogP contribution in [-0.4, -0.2) is 34.3 Å². The van der Waals surface area contributed by atoms with E-state index >= 15 is 0 Å². The number of pyridine rings is 1. The summed E-state index contributed by atoms with van der Waals surface area (Å²) >= 11 is 1.55. The summed E-state index contributed by atoms with van der Waals surface area (Å²) in [4.78, 5) is 28.7. The number of halogens is 1. The lowest BCUT2D eigenvalue weighted by Crippen LogP contribution is -2.38. The number of carboxylic acid groups (broad SMARTS) is 1. The monoisotopic (exact) mass is 404 g/mol. The number of carbonyl (C=O) groups excluding carboxylic acids is 1. The van der Waals surface area contributed by atoms with Crippen LogP contribution in [0.5, 0.6) is 11.6 Å². The molecule has 28 heavy (non-hydrogen) atoms. The van der Waals surface area contributed by atoms with Crippen LogP contribution in [0.25, 0.3) is 0 Å². The molecule has 1 saturated carbocycles. The minimum absolute atomic E-state index is 0.00918. The van der Waals surface area contributed by atoms with Crippen LogP contribution >= 0.6 is 11.8 Å². The number of thioether (sulfide) groups is 1. The first-order valence-corrected chi connectivity index (χ1v) is 10.2. The number of rotatable bonds is 6. The van der Waals surface area contributed by atoms with E-state index in [1.54, 1.807) is 17.8 Å². The van der Waals surface area contributed by atoms with Crippen molar-refractivity contribution in [2.75, 3.05) is 6.26 Å². The van der Waals surface area contributed by atoms with Crippen molar-refractivity contribution in [2.24, 2.45) is 5.92 Å². The van der Waals surface area contributed by atoms with Gasteiger partial charge in [0.1, 0.15) is 17.1 Å². The summed E-state index contributed by atoms with van der Waals surface area (Å²) in [5, 5.41) is 11.9. The van der Waals surface area contributed by atoms with Crippen molar-refractivity contribution in [3.63, 3.8) is 0 Å². The molecule has 0 atom stereocenters. The molecule has 8 heteroatoms. The minimum Gasteiger partial charge on any atom is -0.481 e. The molecular formula is C20H21FN2O4S. The maximum atomic E-state index is 13.7. The summed E-state index contributed by atoms with van der Waals surface area (Å²) < 4.78 is 19.5. The molecule has 148 valence electrons. The molecule has 6 nitrogen and oxygen atoms in total. The number of benzene rings is 1. The average molecular weight is 404 g/mol. The maximum absolute atomic E-state index is 13.7. The first-order chi connectivity index (χ1) is 13.5. The number of hydrogen-bond acceptors (Lipinski definition) is 5. The molecule has 1 aromatic heterocycles. The number of carbonyl (C=O) groups is 2. The average Bonchev–Trinajstić information content (AvgIpc) is 2.70. The van der Waals surface area contributed by atoms with E-state index in [-0.39, 0.29) is 23.4 Å². The predicted octanol–water partition coefficient (Wildman–Crippen LogP) is 4.11. The number of carboxylic acids is 1. The largest absolute Gasteiger partial charge is 0.481 e. The third-order valence-electron chi connectivity index (χ3n) is 4.73. The molecule has 0 radical (unpaired) electrons. The lowest BCUT2D eigenvalue weighted by atomic mass is 9.86. The number of aliphatic carboxylic acids is 1. The van der Waals surface area contributed by atoms with Gasteiger partial charge in [-0.3, -0.25) is 9.59 Å². The van der Waals surface area contributed by atoms with Crippen molar-refractivity contribution in [1.82, 2.24) is 10.3 Å². The first kappa shape index (κ1) is 20.1. The quantitative estimate of drug-likeness (QED) is 0.705. The smallest absolute Gasteiger partial charge is 0.306 e. The molecule has 1 aliphatic rings. The third kappa shape index (κ3) is 5.01. The van der Waals surface area contributed by atoms with Gasteiger partial charge in [0, 0.05) is 10.9 Å². The van der Waals surface area contributed by atoms with Gasteiger partial charge in [0.25, 0.3) is 5.91 Å². The fraction of sp³-hybridized carbons (Fsp3) is 0.350. The van der Waals surface area contributed by atoms with E-state index in [4.69, 9.17) is 9.84 Å². The Morgan fingerprint density at radius 2 is 2.00 bits per heavy atom. The molecular weight excluding hydrogens is 383 g/mol. The van der Waals surface area contributed by atoms with Gasteiger partial charge in [0.15, 0.2) is 0 Å². The fourth-order valence-electron chi connectivity index (χ4n) is 3.19. The highest BCUT2D eigenvalue weighted by atomic mass is 32.2. The van der Waals surface area contributed by atoms with Crippen LogP contribution in [0.3, 0.4) is 0 Å². The van der Waals surface area contributed by atoms with Crippen LogP contribution < -0.4 is 10.1 Å². The summed E-state index contributed by atoms with van der Waals surface area (Å²) in [5.74, 6) is -1.76. The predicted molar refractivity (Wildman–Crippen MR) is 103 cm³/mol. The molecule has 2 N–H and O–H groups in total. The molecule has 0 spiro atoms. The van der Waals surface area contributed by atoms with Gasteiger partial charge in [-0.2, -0.15) is 0 Å². The SMILES string of the molecule is CSc1cccc(Oc2ncc(F)cc2C(=O)N[C@H]2CC[C@@H](C(=O)O)CC2)c1. The zero-order chi connectivity index (χ0) is 20.1. The highest BCUT2D eigenvalue weighted by molar-refractivity contribution is 7.98. The molecule has 3 rings (SSSR count). The van der Waals surface area contributed by atoms with Gasteiger partial charge in [-0.1, -0.05) is 6.07 Å².